The molecule has 3 aromatic rings. The predicted octanol–water partition coefficient (Wildman–Crippen LogP) is 3.48. The van der Waals surface area contributed by atoms with Crippen molar-refractivity contribution in [3.8, 4) is 11.4 Å². The van der Waals surface area contributed by atoms with Crippen LogP contribution >= 0.6 is 0 Å². The normalized spacial score (nSPS) is 15.6. The number of piperazine rings is 1. The topological polar surface area (TPSA) is 61.7 Å². The van der Waals surface area contributed by atoms with Crippen LogP contribution in [0, 0.1) is 13.8 Å². The molecule has 1 aromatic heterocycles. The SMILES string of the molecule is COCC(O)CN1CCN(c2nc(-c3ccccc3)nc(C)c2Cc2ccc(C)cc2)CC1. The molecule has 0 saturated carbocycles. The molecule has 0 amide bonds. The number of aliphatic hydroxyl groups is 1. The van der Waals surface area contributed by atoms with E-state index in [4.69, 9.17) is 14.7 Å². The molecule has 1 fully saturated rings. The van der Waals surface area contributed by atoms with Crippen molar-refractivity contribution in [2.24, 2.45) is 0 Å². The number of nitrogens with zero attached hydrogens (tertiary/aromatic N) is 4. The lowest BCUT2D eigenvalue weighted by molar-refractivity contribution is 0.0365. The van der Waals surface area contributed by atoms with Gasteiger partial charge in [0, 0.05) is 63.1 Å². The van der Waals surface area contributed by atoms with E-state index in [1.165, 1.54) is 16.7 Å². The van der Waals surface area contributed by atoms with E-state index in [0.717, 1.165) is 55.5 Å². The summed E-state index contributed by atoms with van der Waals surface area (Å²) in [4.78, 5) is 14.7. The van der Waals surface area contributed by atoms with Gasteiger partial charge < -0.3 is 14.7 Å². The molecule has 0 bridgehead atoms. The standard InChI is InChI=1S/C27H34N4O2/c1-20-9-11-22(12-10-20)17-25-21(2)28-26(23-7-5-4-6-8-23)29-27(25)31-15-13-30(14-16-31)18-24(32)19-33-3/h4-12,24,32H,13-19H2,1-3H3. The Morgan fingerprint density at radius 2 is 1.64 bits per heavy atom. The first-order valence-electron chi connectivity index (χ1n) is 11.7. The molecule has 1 aliphatic heterocycles. The third kappa shape index (κ3) is 5.96. The van der Waals surface area contributed by atoms with Crippen LogP contribution in [0.1, 0.15) is 22.4 Å². The number of benzene rings is 2. The van der Waals surface area contributed by atoms with Crippen LogP contribution in [0.3, 0.4) is 0 Å². The van der Waals surface area contributed by atoms with Gasteiger partial charge in [-0.25, -0.2) is 9.97 Å². The molecule has 1 atom stereocenters. The highest BCUT2D eigenvalue weighted by molar-refractivity contribution is 5.61. The molecule has 6 heteroatoms. The highest BCUT2D eigenvalue weighted by Gasteiger charge is 2.24. The fourth-order valence-corrected chi connectivity index (χ4v) is 4.36. The highest BCUT2D eigenvalue weighted by Crippen LogP contribution is 2.28. The van der Waals surface area contributed by atoms with Crippen LogP contribution in [-0.4, -0.2) is 72.5 Å². The van der Waals surface area contributed by atoms with Crippen LogP contribution in [0.5, 0.6) is 0 Å². The number of aromatic nitrogens is 2. The van der Waals surface area contributed by atoms with Crippen LogP contribution in [0.2, 0.25) is 0 Å². The number of rotatable bonds is 8. The number of hydrogen-bond donors (Lipinski definition) is 1. The second-order valence-corrected chi connectivity index (χ2v) is 8.86. The van der Waals surface area contributed by atoms with Gasteiger partial charge in [-0.1, -0.05) is 60.2 Å². The van der Waals surface area contributed by atoms with E-state index < -0.39 is 6.10 Å². The Bertz CT molecular complexity index is 1030. The number of β-amino-alcohol motifs (C(OH)–C–C–N with tert-alkyl or cyclic N) is 1. The first-order valence-corrected chi connectivity index (χ1v) is 11.7. The Labute approximate surface area is 196 Å². The van der Waals surface area contributed by atoms with Crippen molar-refractivity contribution >= 4 is 5.82 Å². The zero-order valence-electron chi connectivity index (χ0n) is 19.9. The number of aryl methyl sites for hydroxylation is 2. The number of anilines is 1. The summed E-state index contributed by atoms with van der Waals surface area (Å²) in [6.07, 6.45) is 0.355. The molecule has 4 rings (SSSR count). The molecule has 1 saturated heterocycles. The second kappa shape index (κ2) is 10.9. The van der Waals surface area contributed by atoms with Gasteiger partial charge >= 0.3 is 0 Å². The summed E-state index contributed by atoms with van der Waals surface area (Å²) in [5.41, 5.74) is 5.77. The molecule has 0 spiro atoms. The van der Waals surface area contributed by atoms with Crippen molar-refractivity contribution in [2.75, 3.05) is 51.3 Å². The first kappa shape index (κ1) is 23.4. The number of hydrogen-bond acceptors (Lipinski definition) is 6. The molecular weight excluding hydrogens is 412 g/mol. The van der Waals surface area contributed by atoms with Crippen LogP contribution in [-0.2, 0) is 11.2 Å². The summed E-state index contributed by atoms with van der Waals surface area (Å²) in [5, 5.41) is 10.1. The van der Waals surface area contributed by atoms with E-state index in [-0.39, 0.29) is 0 Å². The fraction of sp³-hybridized carbons (Fsp3) is 0.407. The van der Waals surface area contributed by atoms with Gasteiger partial charge in [-0.2, -0.15) is 0 Å². The Morgan fingerprint density at radius 1 is 0.939 bits per heavy atom. The van der Waals surface area contributed by atoms with Crippen molar-refractivity contribution in [3.05, 3.63) is 77.0 Å². The van der Waals surface area contributed by atoms with Crippen molar-refractivity contribution in [1.82, 2.24) is 14.9 Å². The predicted molar refractivity (Wildman–Crippen MR) is 133 cm³/mol. The molecule has 0 aliphatic carbocycles. The van der Waals surface area contributed by atoms with Gasteiger partial charge in [0.1, 0.15) is 5.82 Å². The van der Waals surface area contributed by atoms with E-state index in [9.17, 15) is 5.11 Å². The summed E-state index contributed by atoms with van der Waals surface area (Å²) in [6, 6.07) is 18.9. The molecule has 1 aliphatic rings. The van der Waals surface area contributed by atoms with Gasteiger partial charge in [-0.3, -0.25) is 4.90 Å². The van der Waals surface area contributed by atoms with E-state index in [0.29, 0.717) is 13.2 Å². The monoisotopic (exact) mass is 446 g/mol. The molecule has 1 unspecified atom stereocenters. The molecular formula is C27H34N4O2. The van der Waals surface area contributed by atoms with Gasteiger partial charge in [0.2, 0.25) is 0 Å². The summed E-state index contributed by atoms with van der Waals surface area (Å²) in [5.74, 6) is 1.80. The lowest BCUT2D eigenvalue weighted by Crippen LogP contribution is -2.49. The average molecular weight is 447 g/mol. The third-order valence-electron chi connectivity index (χ3n) is 6.23. The third-order valence-corrected chi connectivity index (χ3v) is 6.23. The molecule has 174 valence electrons. The van der Waals surface area contributed by atoms with Crippen LogP contribution < -0.4 is 4.90 Å². The quantitative estimate of drug-likeness (QED) is 0.572. The summed E-state index contributed by atoms with van der Waals surface area (Å²) < 4.78 is 5.08. The summed E-state index contributed by atoms with van der Waals surface area (Å²) in [6.45, 7) is 8.71. The molecule has 0 radical (unpaired) electrons. The zero-order valence-corrected chi connectivity index (χ0v) is 19.9. The van der Waals surface area contributed by atoms with Gasteiger partial charge in [-0.05, 0) is 19.4 Å². The minimum Gasteiger partial charge on any atom is -0.389 e. The van der Waals surface area contributed by atoms with E-state index in [2.05, 4.69) is 60.0 Å². The van der Waals surface area contributed by atoms with Gasteiger partial charge in [0.25, 0.3) is 0 Å². The maximum Gasteiger partial charge on any atom is 0.161 e. The first-order chi connectivity index (χ1) is 16.0. The van der Waals surface area contributed by atoms with Crippen LogP contribution in [0.25, 0.3) is 11.4 Å². The number of methoxy groups -OCH3 is 1. The average Bonchev–Trinajstić information content (AvgIpc) is 2.83. The molecule has 6 nitrogen and oxygen atoms in total. The van der Waals surface area contributed by atoms with Crippen LogP contribution in [0.4, 0.5) is 5.82 Å². The molecule has 2 heterocycles. The maximum absolute atomic E-state index is 10.1. The Balaban J connectivity index is 1.61. The van der Waals surface area contributed by atoms with E-state index in [1.807, 2.05) is 18.2 Å². The number of aliphatic hydroxyl groups excluding tert-OH is 1. The largest absolute Gasteiger partial charge is 0.389 e. The Kier molecular flexibility index (Phi) is 7.70. The van der Waals surface area contributed by atoms with E-state index in [1.54, 1.807) is 7.11 Å². The number of ether oxygens (including phenoxy) is 1. The van der Waals surface area contributed by atoms with Gasteiger partial charge in [-0.15, -0.1) is 0 Å². The van der Waals surface area contributed by atoms with Crippen molar-refractivity contribution in [2.45, 2.75) is 26.4 Å². The van der Waals surface area contributed by atoms with Crippen molar-refractivity contribution in [1.29, 1.82) is 0 Å². The second-order valence-electron chi connectivity index (χ2n) is 8.86. The van der Waals surface area contributed by atoms with E-state index >= 15 is 0 Å². The highest BCUT2D eigenvalue weighted by atomic mass is 16.5. The van der Waals surface area contributed by atoms with Crippen molar-refractivity contribution < 1.29 is 9.84 Å². The molecule has 33 heavy (non-hydrogen) atoms. The minimum absolute atomic E-state index is 0.368. The lowest BCUT2D eigenvalue weighted by atomic mass is 10.0. The lowest BCUT2D eigenvalue weighted by Gasteiger charge is -2.37. The zero-order chi connectivity index (χ0) is 23.2. The Hall–Kier alpha value is -2.80. The minimum atomic E-state index is -0.454. The smallest absolute Gasteiger partial charge is 0.161 e. The Morgan fingerprint density at radius 3 is 2.30 bits per heavy atom. The maximum atomic E-state index is 10.1. The van der Waals surface area contributed by atoms with Gasteiger partial charge in [0.15, 0.2) is 5.82 Å². The molecule has 2 aromatic carbocycles. The fourth-order valence-electron chi connectivity index (χ4n) is 4.36. The van der Waals surface area contributed by atoms with Crippen molar-refractivity contribution in [3.63, 3.8) is 0 Å². The summed E-state index contributed by atoms with van der Waals surface area (Å²) in [7, 11) is 1.62. The van der Waals surface area contributed by atoms with Gasteiger partial charge in [0.05, 0.1) is 12.7 Å². The molecule has 1 N–H and O–H groups in total. The van der Waals surface area contributed by atoms with Crippen LogP contribution in [0.15, 0.2) is 54.6 Å². The summed E-state index contributed by atoms with van der Waals surface area (Å²) >= 11 is 0.